The fraction of sp³-hybridized carbons (Fsp3) is 0.222. The largest absolute Gasteiger partial charge is 0.486 e. The summed E-state index contributed by atoms with van der Waals surface area (Å²) in [4.78, 5) is 15.1. The number of aryl methyl sites for hydroxylation is 1. The van der Waals surface area contributed by atoms with E-state index in [1.165, 1.54) is 0 Å². The number of aliphatic carboxylic acids is 1. The van der Waals surface area contributed by atoms with Crippen molar-refractivity contribution >= 4 is 34.6 Å². The molecule has 1 atom stereocenters. The summed E-state index contributed by atoms with van der Waals surface area (Å²) in [7, 11) is 1.88. The summed E-state index contributed by atoms with van der Waals surface area (Å²) in [6.45, 7) is 4.75. The van der Waals surface area contributed by atoms with Crippen LogP contribution in [-0.2, 0) is 11.8 Å². The van der Waals surface area contributed by atoms with Crippen molar-refractivity contribution < 1.29 is 19.4 Å². The summed E-state index contributed by atoms with van der Waals surface area (Å²) >= 11 is 0. The Balaban J connectivity index is 1.45. The number of fused-ring (bicyclic) bond motifs is 2. The Kier molecular flexibility index (Phi) is 5.86. The lowest BCUT2D eigenvalue weighted by Gasteiger charge is -2.19. The Hall–Kier alpha value is -4.33. The summed E-state index contributed by atoms with van der Waals surface area (Å²) in [5.74, 6) is 1.32. The van der Waals surface area contributed by atoms with Crippen LogP contribution in [0, 0.1) is 6.92 Å². The summed E-state index contributed by atoms with van der Waals surface area (Å²) in [5.41, 5.74) is 5.93. The van der Waals surface area contributed by atoms with E-state index < -0.39 is 12.0 Å². The highest BCUT2D eigenvalue weighted by Gasteiger charge is 2.16. The highest BCUT2D eigenvalue weighted by molar-refractivity contribution is 5.96. The molecule has 0 spiro atoms. The van der Waals surface area contributed by atoms with E-state index in [4.69, 9.17) is 14.6 Å². The lowest BCUT2D eigenvalue weighted by molar-refractivity contribution is -0.137. The number of ether oxygens (including phenoxy) is 2. The monoisotopic (exact) mass is 470 g/mol. The van der Waals surface area contributed by atoms with Crippen molar-refractivity contribution in [1.82, 2.24) is 9.78 Å². The van der Waals surface area contributed by atoms with Gasteiger partial charge in [-0.25, -0.2) is 4.79 Å². The molecule has 0 saturated carbocycles. The van der Waals surface area contributed by atoms with E-state index in [9.17, 15) is 4.79 Å². The average molecular weight is 471 g/mol. The molecule has 8 heteroatoms. The van der Waals surface area contributed by atoms with Gasteiger partial charge in [-0.3, -0.25) is 9.67 Å². The van der Waals surface area contributed by atoms with E-state index in [-0.39, 0.29) is 0 Å². The Morgan fingerprint density at radius 3 is 2.74 bits per heavy atom. The predicted octanol–water partition coefficient (Wildman–Crippen LogP) is 4.96. The zero-order valence-electron chi connectivity index (χ0n) is 19.8. The lowest BCUT2D eigenvalue weighted by atomic mass is 9.98. The van der Waals surface area contributed by atoms with Crippen molar-refractivity contribution in [3.8, 4) is 22.6 Å². The molecular weight excluding hydrogens is 444 g/mol. The van der Waals surface area contributed by atoms with Crippen LogP contribution in [0.4, 0.5) is 11.5 Å². The van der Waals surface area contributed by atoms with Crippen LogP contribution >= 0.6 is 0 Å². The van der Waals surface area contributed by atoms with Gasteiger partial charge in [0.2, 0.25) is 0 Å². The van der Waals surface area contributed by atoms with Gasteiger partial charge in [0.25, 0.3) is 0 Å². The number of hydrogen-bond acceptors (Lipinski definition) is 6. The van der Waals surface area contributed by atoms with Gasteiger partial charge in [0.15, 0.2) is 17.3 Å². The smallest absolute Gasteiger partial charge is 0.328 e. The number of aliphatic imine (C=N–C) groups is 1. The molecule has 4 aromatic rings. The second-order valence-corrected chi connectivity index (χ2v) is 8.50. The zero-order valence-corrected chi connectivity index (χ0v) is 19.8. The molecule has 1 aliphatic heterocycles. The van der Waals surface area contributed by atoms with Crippen LogP contribution in [-0.4, -0.2) is 46.3 Å². The predicted molar refractivity (Wildman–Crippen MR) is 136 cm³/mol. The van der Waals surface area contributed by atoms with Crippen molar-refractivity contribution in [2.45, 2.75) is 19.9 Å². The number of carboxylic acid groups (broad SMARTS) is 1. The quantitative estimate of drug-likeness (QED) is 0.387. The standard InChI is InChI=1S/C27H26N4O4/c1-16-20(19-8-10-24-25(14-19)35-12-11-34-24)5-4-6-22(16)29-26-21-9-7-18(13-23(21)31(3)30-26)15-28-17(2)27(32)33/h4-10,13-15,17H,11-12H2,1-3H3,(H,29,30)(H,32,33)/t17-/m0/s1. The lowest BCUT2D eigenvalue weighted by Crippen LogP contribution is -2.15. The summed E-state index contributed by atoms with van der Waals surface area (Å²) in [6, 6.07) is 17.2. The van der Waals surface area contributed by atoms with Crippen LogP contribution in [0.1, 0.15) is 18.1 Å². The molecule has 0 aliphatic carbocycles. The molecule has 0 radical (unpaired) electrons. The maximum Gasteiger partial charge on any atom is 0.328 e. The van der Waals surface area contributed by atoms with Crippen LogP contribution in [0.15, 0.2) is 59.6 Å². The van der Waals surface area contributed by atoms with E-state index in [2.05, 4.69) is 28.4 Å². The number of rotatable bonds is 6. The van der Waals surface area contributed by atoms with Gasteiger partial charge in [0.1, 0.15) is 19.3 Å². The van der Waals surface area contributed by atoms with Gasteiger partial charge < -0.3 is 19.9 Å². The first-order chi connectivity index (χ1) is 16.9. The van der Waals surface area contributed by atoms with Gasteiger partial charge in [-0.05, 0) is 66.4 Å². The molecule has 0 fully saturated rings. The minimum Gasteiger partial charge on any atom is -0.486 e. The average Bonchev–Trinajstić information content (AvgIpc) is 3.17. The molecule has 0 bridgehead atoms. The van der Waals surface area contributed by atoms with Gasteiger partial charge in [0.05, 0.1) is 5.52 Å². The topological polar surface area (TPSA) is 98.0 Å². The molecule has 1 aliphatic rings. The zero-order chi connectivity index (χ0) is 24.5. The fourth-order valence-electron chi connectivity index (χ4n) is 4.13. The third-order valence-electron chi connectivity index (χ3n) is 6.12. The van der Waals surface area contributed by atoms with Gasteiger partial charge in [-0.15, -0.1) is 0 Å². The maximum absolute atomic E-state index is 11.0. The molecule has 0 unspecified atom stereocenters. The van der Waals surface area contributed by atoms with Crippen LogP contribution in [0.5, 0.6) is 11.5 Å². The number of nitrogens with one attached hydrogen (secondary N) is 1. The van der Waals surface area contributed by atoms with Crippen molar-refractivity contribution in [1.29, 1.82) is 0 Å². The highest BCUT2D eigenvalue weighted by atomic mass is 16.6. The van der Waals surface area contributed by atoms with Crippen LogP contribution in [0.2, 0.25) is 0 Å². The molecule has 2 heterocycles. The van der Waals surface area contributed by atoms with E-state index in [0.717, 1.165) is 56.2 Å². The second kappa shape index (κ2) is 9.13. The molecular formula is C27H26N4O4. The van der Waals surface area contributed by atoms with E-state index >= 15 is 0 Å². The molecule has 0 saturated heterocycles. The van der Waals surface area contributed by atoms with Crippen LogP contribution < -0.4 is 14.8 Å². The van der Waals surface area contributed by atoms with E-state index in [1.54, 1.807) is 17.8 Å². The molecule has 2 N–H and O–H groups in total. The molecule has 1 aromatic heterocycles. The number of nitrogens with zero attached hydrogens (tertiary/aromatic N) is 3. The third kappa shape index (κ3) is 4.42. The van der Waals surface area contributed by atoms with Gasteiger partial charge in [-0.1, -0.05) is 24.3 Å². The van der Waals surface area contributed by atoms with Crippen LogP contribution in [0.25, 0.3) is 22.0 Å². The summed E-state index contributed by atoms with van der Waals surface area (Å²) in [5, 5.41) is 18.2. The fourth-order valence-corrected chi connectivity index (χ4v) is 4.13. The van der Waals surface area contributed by atoms with E-state index in [0.29, 0.717) is 13.2 Å². The van der Waals surface area contributed by atoms with E-state index in [1.807, 2.05) is 55.6 Å². The second-order valence-electron chi connectivity index (χ2n) is 8.50. The normalized spacial score (nSPS) is 13.8. The number of aromatic nitrogens is 2. The van der Waals surface area contributed by atoms with Crippen molar-refractivity contribution in [3.63, 3.8) is 0 Å². The first-order valence-electron chi connectivity index (χ1n) is 11.4. The number of carboxylic acids is 1. The molecule has 35 heavy (non-hydrogen) atoms. The maximum atomic E-state index is 11.0. The molecule has 8 nitrogen and oxygen atoms in total. The van der Waals surface area contributed by atoms with Crippen LogP contribution in [0.3, 0.4) is 0 Å². The molecule has 5 rings (SSSR count). The van der Waals surface area contributed by atoms with Crippen molar-refractivity contribution in [2.24, 2.45) is 12.0 Å². The number of carbonyl (C=O) groups is 1. The van der Waals surface area contributed by atoms with Crippen molar-refractivity contribution in [3.05, 3.63) is 65.7 Å². The molecule has 3 aromatic carbocycles. The number of hydrogen-bond donors (Lipinski definition) is 2. The first kappa shape index (κ1) is 22.5. The minimum atomic E-state index is -0.955. The van der Waals surface area contributed by atoms with Gasteiger partial charge in [0, 0.05) is 24.3 Å². The SMILES string of the molecule is Cc1c(Nc2nn(C)c3cc(C=N[C@@H](C)C(=O)O)ccc23)cccc1-c1ccc2c(c1)OCCO2. The summed E-state index contributed by atoms with van der Waals surface area (Å²) < 4.78 is 13.2. The number of anilines is 2. The Morgan fingerprint density at radius 1 is 1.14 bits per heavy atom. The Labute approximate surface area is 202 Å². The molecule has 0 amide bonds. The highest BCUT2D eigenvalue weighted by Crippen LogP contribution is 2.37. The Bertz CT molecular complexity index is 1460. The third-order valence-corrected chi connectivity index (χ3v) is 6.12. The first-order valence-corrected chi connectivity index (χ1v) is 11.4. The summed E-state index contributed by atoms with van der Waals surface area (Å²) in [6.07, 6.45) is 1.58. The number of benzene rings is 3. The minimum absolute atomic E-state index is 0.552. The van der Waals surface area contributed by atoms with Gasteiger partial charge >= 0.3 is 5.97 Å². The van der Waals surface area contributed by atoms with Crippen molar-refractivity contribution in [2.75, 3.05) is 18.5 Å². The van der Waals surface area contributed by atoms with Gasteiger partial charge in [-0.2, -0.15) is 5.10 Å². The molecule has 178 valence electrons. The Morgan fingerprint density at radius 2 is 1.94 bits per heavy atom.